The summed E-state index contributed by atoms with van der Waals surface area (Å²) < 4.78 is 0. The topological polar surface area (TPSA) is 0 Å². The van der Waals surface area contributed by atoms with Crippen LogP contribution in [0, 0.1) is 20.8 Å². The van der Waals surface area contributed by atoms with Gasteiger partial charge in [0.15, 0.2) is 0 Å². The van der Waals surface area contributed by atoms with Crippen LogP contribution in [-0.2, 0) is 0 Å². The van der Waals surface area contributed by atoms with E-state index in [1.165, 1.54) is 15.3 Å². The number of rotatable bonds is 2. The van der Waals surface area contributed by atoms with Gasteiger partial charge in [-0.1, -0.05) is 45.7 Å². The summed E-state index contributed by atoms with van der Waals surface area (Å²) in [6, 6.07) is 8.40. The zero-order valence-corrected chi connectivity index (χ0v) is 13.2. The first-order chi connectivity index (χ1) is 8.00. The van der Waals surface area contributed by atoms with E-state index in [1.54, 1.807) is 0 Å². The molecule has 0 fully saturated rings. The molecule has 0 aliphatic heterocycles. The summed E-state index contributed by atoms with van der Waals surface area (Å²) in [4.78, 5) is 2.87. The molecule has 0 saturated heterocycles. The Morgan fingerprint density at radius 2 is 1.88 bits per heavy atom. The van der Waals surface area contributed by atoms with Gasteiger partial charge in [0.05, 0.1) is 4.83 Å². The lowest BCUT2D eigenvalue weighted by Crippen LogP contribution is -1.94. The molecule has 0 amide bonds. The molecule has 0 aliphatic rings. The third kappa shape index (κ3) is 2.59. The van der Waals surface area contributed by atoms with Gasteiger partial charge in [-0.25, -0.2) is 0 Å². The van der Waals surface area contributed by atoms with E-state index in [4.69, 9.17) is 11.6 Å². The highest BCUT2D eigenvalue weighted by molar-refractivity contribution is 9.09. The molecule has 1 aromatic heterocycles. The first kappa shape index (κ1) is 13.1. The fourth-order valence-electron chi connectivity index (χ4n) is 1.92. The van der Waals surface area contributed by atoms with Crippen LogP contribution in [-0.4, -0.2) is 0 Å². The van der Waals surface area contributed by atoms with Gasteiger partial charge in [0, 0.05) is 14.8 Å². The number of alkyl halides is 1. The zero-order valence-electron chi connectivity index (χ0n) is 10.1. The highest BCUT2D eigenvalue weighted by Crippen LogP contribution is 2.41. The van der Waals surface area contributed by atoms with E-state index < -0.39 is 0 Å². The van der Waals surface area contributed by atoms with Crippen molar-refractivity contribution in [2.75, 3.05) is 0 Å². The van der Waals surface area contributed by atoms with Crippen molar-refractivity contribution in [3.63, 3.8) is 0 Å². The van der Waals surface area contributed by atoms with Gasteiger partial charge >= 0.3 is 0 Å². The smallest absolute Gasteiger partial charge is 0.0755 e. The van der Waals surface area contributed by atoms with Gasteiger partial charge < -0.3 is 0 Å². The van der Waals surface area contributed by atoms with E-state index in [9.17, 15) is 0 Å². The highest BCUT2D eigenvalue weighted by Gasteiger charge is 2.18. The summed E-state index contributed by atoms with van der Waals surface area (Å²) in [6.07, 6.45) is 0. The van der Waals surface area contributed by atoms with Crippen LogP contribution in [0.15, 0.2) is 24.3 Å². The molecule has 1 aromatic carbocycles. The Morgan fingerprint density at radius 1 is 1.18 bits per heavy atom. The maximum atomic E-state index is 6.37. The molecule has 0 spiro atoms. The molecule has 17 heavy (non-hydrogen) atoms. The number of thiophene rings is 1. The second kappa shape index (κ2) is 5.13. The Labute approximate surface area is 120 Å². The van der Waals surface area contributed by atoms with E-state index in [1.807, 2.05) is 24.3 Å². The summed E-state index contributed by atoms with van der Waals surface area (Å²) in [6.45, 7) is 6.33. The molecule has 0 saturated carbocycles. The van der Waals surface area contributed by atoms with E-state index in [0.29, 0.717) is 0 Å². The molecule has 1 atom stereocenters. The Kier molecular flexibility index (Phi) is 3.96. The van der Waals surface area contributed by atoms with Crippen molar-refractivity contribution in [1.82, 2.24) is 0 Å². The molecule has 0 nitrogen and oxygen atoms in total. The van der Waals surface area contributed by atoms with Crippen LogP contribution in [0.2, 0.25) is 5.02 Å². The SMILES string of the molecule is Cc1cc(C)c(C(Br)c2cccc(C)c2Cl)s1. The van der Waals surface area contributed by atoms with Crippen LogP contribution >= 0.6 is 38.9 Å². The van der Waals surface area contributed by atoms with Crippen LogP contribution < -0.4 is 0 Å². The number of aryl methyl sites for hydroxylation is 3. The van der Waals surface area contributed by atoms with Gasteiger partial charge in [-0.3, -0.25) is 0 Å². The molecule has 2 aromatic rings. The molecule has 1 unspecified atom stereocenters. The summed E-state index contributed by atoms with van der Waals surface area (Å²) >= 11 is 12.0. The summed E-state index contributed by atoms with van der Waals surface area (Å²) in [7, 11) is 0. The van der Waals surface area contributed by atoms with Gasteiger partial charge in [0.25, 0.3) is 0 Å². The van der Waals surface area contributed by atoms with Crippen molar-refractivity contribution < 1.29 is 0 Å². The zero-order chi connectivity index (χ0) is 12.6. The number of benzene rings is 1. The molecule has 0 N–H and O–H groups in total. The van der Waals surface area contributed by atoms with Gasteiger partial charge in [-0.05, 0) is 43.5 Å². The van der Waals surface area contributed by atoms with Crippen molar-refractivity contribution in [3.05, 3.63) is 55.7 Å². The molecular formula is C14H14BrClS. The normalized spacial score (nSPS) is 12.8. The lowest BCUT2D eigenvalue weighted by atomic mass is 10.1. The first-order valence-electron chi connectivity index (χ1n) is 5.46. The fraction of sp³-hybridized carbons (Fsp3) is 0.286. The number of halogens is 2. The standard InChI is InChI=1S/C14H14BrClS/c1-8-5-4-6-11(13(8)16)12(15)14-9(2)7-10(3)17-14/h4-7,12H,1-3H3. The molecule has 3 heteroatoms. The largest absolute Gasteiger partial charge is 0.144 e. The molecule has 0 radical (unpaired) electrons. The first-order valence-corrected chi connectivity index (χ1v) is 7.57. The second-order valence-corrected chi connectivity index (χ2v) is 6.83. The Morgan fingerprint density at radius 3 is 2.47 bits per heavy atom. The van der Waals surface area contributed by atoms with Crippen LogP contribution in [0.4, 0.5) is 0 Å². The molecule has 2 rings (SSSR count). The quantitative estimate of drug-likeness (QED) is 0.610. The maximum absolute atomic E-state index is 6.37. The van der Waals surface area contributed by atoms with Gasteiger partial charge in [0.2, 0.25) is 0 Å². The predicted octanol–water partition coefficient (Wildman–Crippen LogP) is 5.81. The Balaban J connectivity index is 2.47. The lowest BCUT2D eigenvalue weighted by Gasteiger charge is -2.13. The molecular weight excluding hydrogens is 316 g/mol. The summed E-state index contributed by atoms with van der Waals surface area (Å²) in [5.41, 5.74) is 3.60. The van der Waals surface area contributed by atoms with E-state index in [2.05, 4.69) is 48.0 Å². The fourth-order valence-corrected chi connectivity index (χ4v) is 4.34. The van der Waals surface area contributed by atoms with Crippen LogP contribution in [0.25, 0.3) is 0 Å². The molecule has 90 valence electrons. The van der Waals surface area contributed by atoms with Crippen LogP contribution in [0.1, 0.15) is 31.3 Å². The van der Waals surface area contributed by atoms with Gasteiger partial charge in [-0.2, -0.15) is 0 Å². The monoisotopic (exact) mass is 328 g/mol. The summed E-state index contributed by atoms with van der Waals surface area (Å²) in [5.74, 6) is 0. The average Bonchev–Trinajstić information content (AvgIpc) is 2.61. The van der Waals surface area contributed by atoms with Gasteiger partial charge in [-0.15, -0.1) is 11.3 Å². The lowest BCUT2D eigenvalue weighted by molar-refractivity contribution is 1.18. The second-order valence-electron chi connectivity index (χ2n) is 4.24. The summed E-state index contributed by atoms with van der Waals surface area (Å²) in [5, 5.41) is 0.861. The molecule has 0 bridgehead atoms. The maximum Gasteiger partial charge on any atom is 0.0755 e. The van der Waals surface area contributed by atoms with Crippen molar-refractivity contribution >= 4 is 38.9 Å². The third-order valence-corrected chi connectivity index (χ3v) is 5.79. The van der Waals surface area contributed by atoms with Crippen molar-refractivity contribution in [1.29, 1.82) is 0 Å². The minimum atomic E-state index is 0.189. The Bertz CT molecular complexity index is 545. The highest BCUT2D eigenvalue weighted by atomic mass is 79.9. The van der Waals surface area contributed by atoms with Crippen molar-refractivity contribution in [2.45, 2.75) is 25.6 Å². The van der Waals surface area contributed by atoms with Crippen LogP contribution in [0.5, 0.6) is 0 Å². The third-order valence-electron chi connectivity index (χ3n) is 2.80. The minimum Gasteiger partial charge on any atom is -0.144 e. The van der Waals surface area contributed by atoms with Gasteiger partial charge in [0.1, 0.15) is 0 Å². The van der Waals surface area contributed by atoms with E-state index in [0.717, 1.165) is 16.1 Å². The van der Waals surface area contributed by atoms with E-state index >= 15 is 0 Å². The molecule has 1 heterocycles. The van der Waals surface area contributed by atoms with Crippen molar-refractivity contribution in [3.8, 4) is 0 Å². The molecule has 0 aliphatic carbocycles. The van der Waals surface area contributed by atoms with E-state index in [-0.39, 0.29) is 4.83 Å². The minimum absolute atomic E-state index is 0.189. The van der Waals surface area contributed by atoms with Crippen LogP contribution in [0.3, 0.4) is 0 Å². The predicted molar refractivity (Wildman–Crippen MR) is 80.8 cm³/mol. The van der Waals surface area contributed by atoms with Crippen molar-refractivity contribution in [2.24, 2.45) is 0 Å². The Hall–Kier alpha value is -0.310. The number of hydrogen-bond donors (Lipinski definition) is 0. The average molecular weight is 330 g/mol. The number of hydrogen-bond acceptors (Lipinski definition) is 1.